The maximum atomic E-state index is 4.25. The van der Waals surface area contributed by atoms with E-state index in [4.69, 9.17) is 0 Å². The Labute approximate surface area is 99.5 Å². The van der Waals surface area contributed by atoms with Crippen LogP contribution in [0.2, 0.25) is 0 Å². The van der Waals surface area contributed by atoms with Crippen molar-refractivity contribution < 1.29 is 0 Å². The SMILES string of the molecule is CN=CC1CCCC[C@@H]1N(C)C1CN(C)C1. The molecule has 2 rings (SSSR count). The first kappa shape index (κ1) is 12.1. The fourth-order valence-corrected chi connectivity index (χ4v) is 3.21. The van der Waals surface area contributed by atoms with Crippen LogP contribution in [0.25, 0.3) is 0 Å². The highest BCUT2D eigenvalue weighted by atomic mass is 15.3. The lowest BCUT2D eigenvalue weighted by Gasteiger charge is -2.47. The first-order valence-corrected chi connectivity index (χ1v) is 6.55. The van der Waals surface area contributed by atoms with Gasteiger partial charge in [-0.15, -0.1) is 0 Å². The van der Waals surface area contributed by atoms with Gasteiger partial charge >= 0.3 is 0 Å². The van der Waals surface area contributed by atoms with Gasteiger partial charge < -0.3 is 9.89 Å². The Morgan fingerprint density at radius 1 is 1.25 bits per heavy atom. The number of rotatable bonds is 3. The molecule has 2 fully saturated rings. The van der Waals surface area contributed by atoms with E-state index in [1.165, 1.54) is 38.8 Å². The first-order valence-electron chi connectivity index (χ1n) is 6.55. The van der Waals surface area contributed by atoms with Gasteiger partial charge in [0.1, 0.15) is 0 Å². The van der Waals surface area contributed by atoms with E-state index in [0.29, 0.717) is 5.92 Å². The van der Waals surface area contributed by atoms with E-state index in [9.17, 15) is 0 Å². The van der Waals surface area contributed by atoms with Crippen LogP contribution in [0.3, 0.4) is 0 Å². The van der Waals surface area contributed by atoms with Crippen molar-refractivity contribution in [3.05, 3.63) is 0 Å². The van der Waals surface area contributed by atoms with Crippen molar-refractivity contribution in [1.82, 2.24) is 9.80 Å². The van der Waals surface area contributed by atoms with E-state index in [2.05, 4.69) is 35.1 Å². The monoisotopic (exact) mass is 223 g/mol. The molecule has 16 heavy (non-hydrogen) atoms. The summed E-state index contributed by atoms with van der Waals surface area (Å²) in [6, 6.07) is 1.51. The molecular weight excluding hydrogens is 198 g/mol. The lowest BCUT2D eigenvalue weighted by molar-refractivity contribution is 0.0221. The normalized spacial score (nSPS) is 33.5. The van der Waals surface area contributed by atoms with Gasteiger partial charge in [-0.3, -0.25) is 4.90 Å². The average molecular weight is 223 g/mol. The highest BCUT2D eigenvalue weighted by molar-refractivity contribution is 5.61. The standard InChI is InChI=1S/C13H25N3/c1-14-8-11-6-4-5-7-13(11)16(3)12-9-15(2)10-12/h8,11-13H,4-7,9-10H2,1-3H3/t11?,13-/m0/s1. The fourth-order valence-electron chi connectivity index (χ4n) is 3.21. The summed E-state index contributed by atoms with van der Waals surface area (Å²) in [5.41, 5.74) is 0. The Hall–Kier alpha value is -0.410. The molecule has 0 N–H and O–H groups in total. The third-order valence-corrected chi connectivity index (χ3v) is 4.27. The van der Waals surface area contributed by atoms with Crippen LogP contribution in [0.5, 0.6) is 0 Å². The summed E-state index contributed by atoms with van der Waals surface area (Å²) in [5.74, 6) is 0.689. The number of nitrogens with zero attached hydrogens (tertiary/aromatic N) is 3. The molecule has 0 aromatic carbocycles. The average Bonchev–Trinajstić information content (AvgIpc) is 2.25. The van der Waals surface area contributed by atoms with Crippen molar-refractivity contribution in [3.8, 4) is 0 Å². The van der Waals surface area contributed by atoms with Crippen molar-refractivity contribution in [2.45, 2.75) is 37.8 Å². The highest BCUT2D eigenvalue weighted by Gasteiger charge is 2.35. The van der Waals surface area contributed by atoms with Gasteiger partial charge in [-0.05, 0) is 26.9 Å². The fraction of sp³-hybridized carbons (Fsp3) is 0.923. The molecule has 1 aliphatic carbocycles. The molecule has 2 atom stereocenters. The Bertz CT molecular complexity index is 246. The van der Waals surface area contributed by atoms with E-state index in [1.807, 2.05) is 7.05 Å². The van der Waals surface area contributed by atoms with Crippen molar-refractivity contribution >= 4 is 6.21 Å². The van der Waals surface area contributed by atoms with Crippen LogP contribution in [0.4, 0.5) is 0 Å². The zero-order chi connectivity index (χ0) is 11.5. The van der Waals surface area contributed by atoms with Crippen LogP contribution in [0.15, 0.2) is 4.99 Å². The zero-order valence-electron chi connectivity index (χ0n) is 10.9. The van der Waals surface area contributed by atoms with E-state index in [0.717, 1.165) is 12.1 Å². The quantitative estimate of drug-likeness (QED) is 0.675. The van der Waals surface area contributed by atoms with Crippen molar-refractivity contribution in [1.29, 1.82) is 0 Å². The third kappa shape index (κ3) is 2.46. The Morgan fingerprint density at radius 3 is 2.56 bits per heavy atom. The van der Waals surface area contributed by atoms with Crippen LogP contribution < -0.4 is 0 Å². The molecule has 1 unspecified atom stereocenters. The van der Waals surface area contributed by atoms with Gasteiger partial charge in [-0.1, -0.05) is 12.8 Å². The summed E-state index contributed by atoms with van der Waals surface area (Å²) < 4.78 is 0. The molecule has 0 bridgehead atoms. The summed E-state index contributed by atoms with van der Waals surface area (Å²) in [4.78, 5) is 9.26. The van der Waals surface area contributed by atoms with Gasteiger partial charge in [-0.25, -0.2) is 0 Å². The number of hydrogen-bond donors (Lipinski definition) is 0. The summed E-state index contributed by atoms with van der Waals surface area (Å²) >= 11 is 0. The lowest BCUT2D eigenvalue weighted by Crippen LogP contribution is -2.60. The molecule has 3 nitrogen and oxygen atoms in total. The maximum absolute atomic E-state index is 4.25. The van der Waals surface area contributed by atoms with Crippen LogP contribution in [-0.4, -0.2) is 62.3 Å². The largest absolute Gasteiger partial charge is 0.303 e. The van der Waals surface area contributed by atoms with Gasteiger partial charge in [0.2, 0.25) is 0 Å². The van der Waals surface area contributed by atoms with Crippen molar-refractivity contribution in [2.24, 2.45) is 10.9 Å². The number of hydrogen-bond acceptors (Lipinski definition) is 3. The number of likely N-dealkylation sites (tertiary alicyclic amines) is 1. The molecule has 1 aliphatic heterocycles. The summed E-state index contributed by atoms with van der Waals surface area (Å²) in [7, 11) is 6.42. The third-order valence-electron chi connectivity index (χ3n) is 4.27. The van der Waals surface area contributed by atoms with E-state index >= 15 is 0 Å². The second-order valence-electron chi connectivity index (χ2n) is 5.46. The molecule has 1 saturated carbocycles. The summed E-state index contributed by atoms with van der Waals surface area (Å²) in [6.07, 6.45) is 7.64. The molecule has 0 spiro atoms. The highest BCUT2D eigenvalue weighted by Crippen LogP contribution is 2.29. The molecule has 92 valence electrons. The van der Waals surface area contributed by atoms with Gasteiger partial charge in [0.25, 0.3) is 0 Å². The first-order chi connectivity index (χ1) is 7.72. The minimum Gasteiger partial charge on any atom is -0.303 e. The molecule has 1 saturated heterocycles. The maximum Gasteiger partial charge on any atom is 0.0350 e. The number of aliphatic imine (C=N–C) groups is 1. The molecule has 3 heteroatoms. The molecule has 2 aliphatic rings. The van der Waals surface area contributed by atoms with Crippen LogP contribution in [-0.2, 0) is 0 Å². The van der Waals surface area contributed by atoms with Crippen molar-refractivity contribution in [2.75, 3.05) is 34.2 Å². The smallest absolute Gasteiger partial charge is 0.0350 e. The molecule has 0 aromatic heterocycles. The number of likely N-dealkylation sites (N-methyl/N-ethyl adjacent to an activating group) is 2. The molecule has 0 amide bonds. The summed E-state index contributed by atoms with van der Waals surface area (Å²) in [6.45, 7) is 2.48. The van der Waals surface area contributed by atoms with E-state index in [1.54, 1.807) is 0 Å². The van der Waals surface area contributed by atoms with Gasteiger partial charge in [0.05, 0.1) is 0 Å². The van der Waals surface area contributed by atoms with Crippen LogP contribution >= 0.6 is 0 Å². The lowest BCUT2D eigenvalue weighted by atomic mass is 9.83. The zero-order valence-corrected chi connectivity index (χ0v) is 10.9. The Balaban J connectivity index is 1.94. The minimum atomic E-state index is 0.689. The predicted octanol–water partition coefficient (Wildman–Crippen LogP) is 1.49. The molecule has 1 heterocycles. The second-order valence-corrected chi connectivity index (χ2v) is 5.46. The van der Waals surface area contributed by atoms with E-state index < -0.39 is 0 Å². The molecule has 0 radical (unpaired) electrons. The molecule has 0 aromatic rings. The van der Waals surface area contributed by atoms with Gasteiger partial charge in [-0.2, -0.15) is 0 Å². The van der Waals surface area contributed by atoms with Gasteiger partial charge in [0, 0.05) is 44.4 Å². The Kier molecular flexibility index (Phi) is 3.98. The minimum absolute atomic E-state index is 0.689. The van der Waals surface area contributed by atoms with E-state index in [-0.39, 0.29) is 0 Å². The van der Waals surface area contributed by atoms with Gasteiger partial charge in [0.15, 0.2) is 0 Å². The predicted molar refractivity (Wildman–Crippen MR) is 69.2 cm³/mol. The van der Waals surface area contributed by atoms with Crippen LogP contribution in [0.1, 0.15) is 25.7 Å². The van der Waals surface area contributed by atoms with Crippen LogP contribution in [0, 0.1) is 5.92 Å². The molecular formula is C13H25N3. The second kappa shape index (κ2) is 5.28. The topological polar surface area (TPSA) is 18.8 Å². The summed E-state index contributed by atoms with van der Waals surface area (Å²) in [5, 5.41) is 0. The Morgan fingerprint density at radius 2 is 1.94 bits per heavy atom. The van der Waals surface area contributed by atoms with Crippen molar-refractivity contribution in [3.63, 3.8) is 0 Å².